The Labute approximate surface area is 241 Å². The standard InChI is InChI=1S/C28H38ClN7O3S/c1-5-20(15-26(27(29)31)35-40(4,38)39)21-16-24(23(6-2)25(17-21)34-32)33-28(37)19(3)11-10-12-22(30)18-36-13-8-7-9-14-36/h5-6,10-12,15-17,34-35H,1-3,7-9,13-14,18,30-32H2,4H3,(H,33,37)/b11-10-,20-15+,22-12-,27-26+. The van der Waals surface area contributed by atoms with Crippen molar-refractivity contribution in [3.05, 3.63) is 95.5 Å². The van der Waals surface area contributed by atoms with Gasteiger partial charge in [0, 0.05) is 23.4 Å². The third-order valence-electron chi connectivity index (χ3n) is 5.95. The zero-order valence-corrected chi connectivity index (χ0v) is 24.2. The summed E-state index contributed by atoms with van der Waals surface area (Å²) in [5, 5.41) is 2.55. The van der Waals surface area contributed by atoms with Gasteiger partial charge in [-0.1, -0.05) is 56.0 Å². The van der Waals surface area contributed by atoms with Crippen LogP contribution in [0.2, 0.25) is 0 Å². The van der Waals surface area contributed by atoms with Crippen molar-refractivity contribution in [3.63, 3.8) is 0 Å². The molecule has 0 radical (unpaired) electrons. The van der Waals surface area contributed by atoms with Gasteiger partial charge in [0.25, 0.3) is 5.91 Å². The molecule has 1 saturated heterocycles. The highest BCUT2D eigenvalue weighted by atomic mass is 35.5. The van der Waals surface area contributed by atoms with Gasteiger partial charge in [0.05, 0.1) is 23.3 Å². The van der Waals surface area contributed by atoms with E-state index in [1.54, 1.807) is 30.4 Å². The smallest absolute Gasteiger partial charge is 0.255 e. The number of carbonyl (C=O) groups is 1. The highest BCUT2D eigenvalue weighted by Crippen LogP contribution is 2.32. The maximum absolute atomic E-state index is 13.0. The number of amides is 1. The number of rotatable bonds is 13. The quantitative estimate of drug-likeness (QED) is 0.0670. The third kappa shape index (κ3) is 10.1. The van der Waals surface area contributed by atoms with Gasteiger partial charge in [0.1, 0.15) is 5.16 Å². The minimum absolute atomic E-state index is 0.0502. The van der Waals surface area contributed by atoms with Crippen LogP contribution in [0.15, 0.2) is 84.4 Å². The molecule has 0 bridgehead atoms. The maximum Gasteiger partial charge on any atom is 0.255 e. The number of nitrogens with zero attached hydrogens (tertiary/aromatic N) is 1. The Bertz CT molecular complexity index is 1370. The van der Waals surface area contributed by atoms with Gasteiger partial charge in [0.15, 0.2) is 0 Å². The Morgan fingerprint density at radius 3 is 2.35 bits per heavy atom. The molecule has 0 spiro atoms. The summed E-state index contributed by atoms with van der Waals surface area (Å²) in [7, 11) is -3.67. The second-order valence-electron chi connectivity index (χ2n) is 9.19. The molecule has 9 N–H and O–H groups in total. The Balaban J connectivity index is 2.32. The van der Waals surface area contributed by atoms with Crippen LogP contribution < -0.4 is 32.8 Å². The highest BCUT2D eigenvalue weighted by Gasteiger charge is 2.15. The number of nitrogen functional groups attached to an aromatic ring is 1. The van der Waals surface area contributed by atoms with Crippen LogP contribution >= 0.6 is 11.6 Å². The van der Waals surface area contributed by atoms with Crippen LogP contribution in [0.1, 0.15) is 30.4 Å². The van der Waals surface area contributed by atoms with Crippen LogP contribution in [0.4, 0.5) is 11.4 Å². The van der Waals surface area contributed by atoms with Crippen LogP contribution in [0.3, 0.4) is 0 Å². The predicted octanol–water partition coefficient (Wildman–Crippen LogP) is 3.48. The lowest BCUT2D eigenvalue weighted by molar-refractivity contribution is -0.112. The molecule has 0 aromatic heterocycles. The SMILES string of the molecule is C=C/C(=C\C(NS(C)(=O)=O)=C(/N)Cl)c1cc(NN)c(C=C)c(NC(=O)C(=C)/C=C\C=C(/N)CN2CCCCC2)c1. The van der Waals surface area contributed by atoms with Gasteiger partial charge in [-0.05, 0) is 67.4 Å². The van der Waals surface area contributed by atoms with E-state index in [9.17, 15) is 13.2 Å². The summed E-state index contributed by atoms with van der Waals surface area (Å²) in [4.78, 5) is 15.3. The van der Waals surface area contributed by atoms with Gasteiger partial charge in [-0.15, -0.1) is 0 Å². The Morgan fingerprint density at radius 2 is 1.80 bits per heavy atom. The number of sulfonamides is 1. The maximum atomic E-state index is 13.0. The van der Waals surface area contributed by atoms with E-state index < -0.39 is 15.9 Å². The number of halogens is 1. The van der Waals surface area contributed by atoms with Crippen molar-refractivity contribution in [1.29, 1.82) is 0 Å². The average Bonchev–Trinajstić information content (AvgIpc) is 2.90. The summed E-state index contributed by atoms with van der Waals surface area (Å²) >= 11 is 5.91. The number of allylic oxidation sites excluding steroid dienone is 5. The predicted molar refractivity (Wildman–Crippen MR) is 167 cm³/mol. The molecule has 216 valence electrons. The first-order chi connectivity index (χ1) is 18.9. The number of hydrogen-bond donors (Lipinski definition) is 6. The van der Waals surface area contributed by atoms with E-state index in [2.05, 4.69) is 40.1 Å². The van der Waals surface area contributed by atoms with E-state index in [1.807, 2.05) is 0 Å². The molecule has 0 aliphatic carbocycles. The number of benzene rings is 1. The van der Waals surface area contributed by atoms with Gasteiger partial charge in [-0.2, -0.15) is 0 Å². The topological polar surface area (TPSA) is 169 Å². The van der Waals surface area contributed by atoms with Gasteiger partial charge < -0.3 is 22.2 Å². The molecule has 2 rings (SSSR count). The molecule has 0 atom stereocenters. The molecule has 1 aliphatic heterocycles. The monoisotopic (exact) mass is 587 g/mol. The van der Waals surface area contributed by atoms with Crippen molar-refractivity contribution in [3.8, 4) is 0 Å². The molecule has 0 saturated carbocycles. The van der Waals surface area contributed by atoms with Crippen LogP contribution in [0, 0.1) is 0 Å². The van der Waals surface area contributed by atoms with Crippen LogP contribution in [0.25, 0.3) is 11.6 Å². The normalized spacial score (nSPS) is 15.8. The molecule has 10 nitrogen and oxygen atoms in total. The molecule has 1 aliphatic rings. The Hall–Kier alpha value is -3.77. The number of piperidine rings is 1. The molecular weight excluding hydrogens is 550 g/mol. The Kier molecular flexibility index (Phi) is 12.3. The number of nitrogens with one attached hydrogen (secondary N) is 3. The third-order valence-corrected chi connectivity index (χ3v) is 6.74. The number of likely N-dealkylation sites (tertiary alicyclic amines) is 1. The van der Waals surface area contributed by atoms with Crippen LogP contribution in [-0.2, 0) is 14.8 Å². The van der Waals surface area contributed by atoms with Gasteiger partial charge >= 0.3 is 0 Å². The van der Waals surface area contributed by atoms with Crippen molar-refractivity contribution >= 4 is 50.6 Å². The minimum atomic E-state index is -3.67. The summed E-state index contributed by atoms with van der Waals surface area (Å²) in [6, 6.07) is 3.33. The first-order valence-electron chi connectivity index (χ1n) is 12.5. The molecule has 12 heteroatoms. The van der Waals surface area contributed by atoms with E-state index in [0.29, 0.717) is 40.3 Å². The van der Waals surface area contributed by atoms with E-state index in [-0.39, 0.29) is 16.4 Å². The zero-order valence-electron chi connectivity index (χ0n) is 22.7. The molecular formula is C28H38ClN7O3S. The summed E-state index contributed by atoms with van der Waals surface area (Å²) in [6.07, 6.45) is 14.0. The Morgan fingerprint density at radius 1 is 1.15 bits per heavy atom. The molecule has 40 heavy (non-hydrogen) atoms. The number of carbonyl (C=O) groups excluding carboxylic acids is 1. The zero-order chi connectivity index (χ0) is 29.9. The lowest BCUT2D eigenvalue weighted by Crippen LogP contribution is -2.33. The second kappa shape index (κ2) is 15.1. The summed E-state index contributed by atoms with van der Waals surface area (Å²) in [5.74, 6) is 5.28. The van der Waals surface area contributed by atoms with Gasteiger partial charge in [-0.25, -0.2) is 8.42 Å². The van der Waals surface area contributed by atoms with E-state index in [0.717, 1.165) is 19.3 Å². The van der Waals surface area contributed by atoms with Crippen molar-refractivity contribution < 1.29 is 13.2 Å². The lowest BCUT2D eigenvalue weighted by Gasteiger charge is -2.26. The fourth-order valence-corrected chi connectivity index (χ4v) is 4.75. The number of hydrogen-bond acceptors (Lipinski definition) is 8. The highest BCUT2D eigenvalue weighted by molar-refractivity contribution is 7.88. The number of anilines is 2. The van der Waals surface area contributed by atoms with Gasteiger partial charge in [0.2, 0.25) is 10.0 Å². The van der Waals surface area contributed by atoms with Gasteiger partial charge in [-0.3, -0.25) is 20.3 Å². The lowest BCUT2D eigenvalue weighted by atomic mass is 9.99. The van der Waals surface area contributed by atoms with Crippen LogP contribution in [-0.4, -0.2) is 45.1 Å². The molecule has 1 aromatic rings. The van der Waals surface area contributed by atoms with E-state index in [1.165, 1.54) is 37.5 Å². The first-order valence-corrected chi connectivity index (χ1v) is 14.7. The molecule has 0 unspecified atom stereocenters. The number of nitrogens with two attached hydrogens (primary N) is 3. The first kappa shape index (κ1) is 32.4. The molecule has 1 heterocycles. The number of hydrazine groups is 1. The summed E-state index contributed by atoms with van der Waals surface area (Å²) in [6.45, 7) is 14.2. The second-order valence-corrected chi connectivity index (χ2v) is 11.3. The van der Waals surface area contributed by atoms with Crippen LogP contribution in [0.5, 0.6) is 0 Å². The fourth-order valence-electron chi connectivity index (χ4n) is 4.02. The molecule has 1 aromatic carbocycles. The van der Waals surface area contributed by atoms with Crippen molar-refractivity contribution in [1.82, 2.24) is 9.62 Å². The summed E-state index contributed by atoms with van der Waals surface area (Å²) < 4.78 is 25.8. The molecule has 1 amide bonds. The van der Waals surface area contributed by atoms with E-state index >= 15 is 0 Å². The van der Waals surface area contributed by atoms with Crippen molar-refractivity contribution in [2.75, 3.05) is 36.6 Å². The van der Waals surface area contributed by atoms with Crippen molar-refractivity contribution in [2.45, 2.75) is 19.3 Å². The fraction of sp³-hybridized carbons (Fsp3) is 0.250. The van der Waals surface area contributed by atoms with E-state index in [4.69, 9.17) is 28.9 Å². The largest absolute Gasteiger partial charge is 0.401 e. The summed E-state index contributed by atoms with van der Waals surface area (Å²) in [5.41, 5.74) is 17.5. The van der Waals surface area contributed by atoms with Crippen molar-refractivity contribution in [2.24, 2.45) is 17.3 Å². The molecule has 1 fully saturated rings. The minimum Gasteiger partial charge on any atom is -0.401 e. The average molecular weight is 588 g/mol.